The van der Waals surface area contributed by atoms with E-state index in [9.17, 15) is 0 Å². The van der Waals surface area contributed by atoms with E-state index >= 15 is 0 Å². The third-order valence-electron chi connectivity index (χ3n) is 3.52. The Morgan fingerprint density at radius 3 is 2.65 bits per heavy atom. The highest BCUT2D eigenvalue weighted by molar-refractivity contribution is 9.11. The molecule has 0 spiro atoms. The third-order valence-corrected chi connectivity index (χ3v) is 4.64. The number of pyridine rings is 1. The van der Waals surface area contributed by atoms with Gasteiger partial charge in [0.2, 0.25) is 0 Å². The Morgan fingerprint density at radius 2 is 2.00 bits per heavy atom. The topological polar surface area (TPSA) is 24.9 Å². The predicted octanol–water partition coefficient (Wildman–Crippen LogP) is 4.42. The fraction of sp³-hybridized carbons (Fsp3) is 0.615. The SMILES string of the molecule is CC1(NCc2ncc(Br)cc2Br)CCCCC1. The largest absolute Gasteiger partial charge is 0.306 e. The molecule has 1 fully saturated rings. The zero-order valence-electron chi connectivity index (χ0n) is 10.1. The molecule has 17 heavy (non-hydrogen) atoms. The number of nitrogens with one attached hydrogen (secondary N) is 1. The van der Waals surface area contributed by atoms with Gasteiger partial charge < -0.3 is 5.32 Å². The summed E-state index contributed by atoms with van der Waals surface area (Å²) >= 11 is 6.98. The maximum Gasteiger partial charge on any atom is 0.0684 e. The van der Waals surface area contributed by atoms with E-state index in [-0.39, 0.29) is 0 Å². The Kier molecular flexibility index (Phi) is 4.61. The lowest BCUT2D eigenvalue weighted by atomic mass is 9.83. The van der Waals surface area contributed by atoms with Gasteiger partial charge in [0, 0.05) is 27.2 Å². The Labute approximate surface area is 120 Å². The molecule has 0 aliphatic heterocycles. The van der Waals surface area contributed by atoms with E-state index in [0.717, 1.165) is 21.2 Å². The molecule has 1 aliphatic rings. The van der Waals surface area contributed by atoms with Crippen molar-refractivity contribution < 1.29 is 0 Å². The second-order valence-electron chi connectivity index (χ2n) is 5.06. The summed E-state index contributed by atoms with van der Waals surface area (Å²) in [5, 5.41) is 3.67. The van der Waals surface area contributed by atoms with E-state index in [1.165, 1.54) is 32.1 Å². The van der Waals surface area contributed by atoms with E-state index in [4.69, 9.17) is 0 Å². The Morgan fingerprint density at radius 1 is 1.29 bits per heavy atom. The maximum absolute atomic E-state index is 4.44. The van der Waals surface area contributed by atoms with Gasteiger partial charge >= 0.3 is 0 Å². The van der Waals surface area contributed by atoms with E-state index in [1.54, 1.807) is 0 Å². The van der Waals surface area contributed by atoms with Gasteiger partial charge in [0.1, 0.15) is 0 Å². The summed E-state index contributed by atoms with van der Waals surface area (Å²) in [6.45, 7) is 3.17. The molecule has 1 aromatic heterocycles. The fourth-order valence-electron chi connectivity index (χ4n) is 2.38. The van der Waals surface area contributed by atoms with Crippen LogP contribution in [-0.4, -0.2) is 10.5 Å². The molecule has 1 N–H and O–H groups in total. The minimum Gasteiger partial charge on any atom is -0.306 e. The van der Waals surface area contributed by atoms with Gasteiger partial charge in [-0.3, -0.25) is 4.98 Å². The third kappa shape index (κ3) is 3.76. The van der Waals surface area contributed by atoms with Crippen molar-refractivity contribution in [3.8, 4) is 0 Å². The molecule has 1 heterocycles. The fourth-order valence-corrected chi connectivity index (χ4v) is 3.51. The number of nitrogens with zero attached hydrogens (tertiary/aromatic N) is 1. The molecular weight excluding hydrogens is 344 g/mol. The summed E-state index contributed by atoms with van der Waals surface area (Å²) in [7, 11) is 0. The number of rotatable bonds is 3. The van der Waals surface area contributed by atoms with Crippen molar-refractivity contribution in [2.24, 2.45) is 0 Å². The number of aromatic nitrogens is 1. The Bertz CT molecular complexity index is 387. The summed E-state index contributed by atoms with van der Waals surface area (Å²) in [4.78, 5) is 4.44. The molecule has 0 bridgehead atoms. The van der Waals surface area contributed by atoms with Gasteiger partial charge in [-0.25, -0.2) is 0 Å². The molecule has 4 heteroatoms. The molecule has 94 valence electrons. The van der Waals surface area contributed by atoms with Crippen molar-refractivity contribution in [1.29, 1.82) is 0 Å². The summed E-state index contributed by atoms with van der Waals surface area (Å²) in [5.41, 5.74) is 1.38. The van der Waals surface area contributed by atoms with Crippen molar-refractivity contribution in [2.75, 3.05) is 0 Å². The van der Waals surface area contributed by atoms with E-state index in [1.807, 2.05) is 12.3 Å². The van der Waals surface area contributed by atoms with Gasteiger partial charge in [-0.2, -0.15) is 0 Å². The van der Waals surface area contributed by atoms with Crippen molar-refractivity contribution in [3.05, 3.63) is 26.9 Å². The van der Waals surface area contributed by atoms with Gasteiger partial charge in [-0.1, -0.05) is 19.3 Å². The molecule has 0 aromatic carbocycles. The van der Waals surface area contributed by atoms with Crippen molar-refractivity contribution in [2.45, 2.75) is 51.1 Å². The van der Waals surface area contributed by atoms with Crippen LogP contribution in [0, 0.1) is 0 Å². The Balaban J connectivity index is 1.97. The highest BCUT2D eigenvalue weighted by Gasteiger charge is 2.26. The normalized spacial score (nSPS) is 19.2. The molecule has 0 amide bonds. The molecule has 0 unspecified atom stereocenters. The van der Waals surface area contributed by atoms with Crippen LogP contribution in [0.25, 0.3) is 0 Å². The van der Waals surface area contributed by atoms with Gasteiger partial charge in [-0.05, 0) is 57.7 Å². The van der Waals surface area contributed by atoms with Crippen molar-refractivity contribution >= 4 is 31.9 Å². The maximum atomic E-state index is 4.44. The van der Waals surface area contributed by atoms with Gasteiger partial charge in [-0.15, -0.1) is 0 Å². The molecule has 0 atom stereocenters. The molecule has 0 radical (unpaired) electrons. The summed E-state index contributed by atoms with van der Waals surface area (Å²) in [6.07, 6.45) is 8.49. The summed E-state index contributed by atoms with van der Waals surface area (Å²) in [6, 6.07) is 2.05. The van der Waals surface area contributed by atoms with Crippen LogP contribution in [0.15, 0.2) is 21.2 Å². The molecule has 1 saturated carbocycles. The molecule has 2 nitrogen and oxygen atoms in total. The Hall–Kier alpha value is 0.0700. The lowest BCUT2D eigenvalue weighted by Gasteiger charge is -2.34. The average Bonchev–Trinajstić information content (AvgIpc) is 2.29. The first-order chi connectivity index (χ1) is 8.09. The van der Waals surface area contributed by atoms with Crippen LogP contribution in [0.4, 0.5) is 0 Å². The van der Waals surface area contributed by atoms with Gasteiger partial charge in [0.05, 0.1) is 5.69 Å². The monoisotopic (exact) mass is 360 g/mol. The van der Waals surface area contributed by atoms with E-state index < -0.39 is 0 Å². The lowest BCUT2D eigenvalue weighted by Crippen LogP contribution is -2.43. The molecule has 1 aliphatic carbocycles. The molecular formula is C13H18Br2N2. The van der Waals surface area contributed by atoms with Crippen LogP contribution in [-0.2, 0) is 6.54 Å². The number of hydrogen-bond acceptors (Lipinski definition) is 2. The molecule has 1 aromatic rings. The highest BCUT2D eigenvalue weighted by Crippen LogP contribution is 2.28. The quantitative estimate of drug-likeness (QED) is 0.861. The first kappa shape index (κ1) is 13.5. The molecule has 0 saturated heterocycles. The minimum absolute atomic E-state index is 0.298. The predicted molar refractivity (Wildman–Crippen MR) is 78.0 cm³/mol. The zero-order valence-corrected chi connectivity index (χ0v) is 13.3. The van der Waals surface area contributed by atoms with E-state index in [2.05, 4.69) is 49.1 Å². The van der Waals surface area contributed by atoms with Crippen LogP contribution >= 0.6 is 31.9 Å². The summed E-state index contributed by atoms with van der Waals surface area (Å²) in [5.74, 6) is 0. The first-order valence-electron chi connectivity index (χ1n) is 6.14. The number of halogens is 2. The first-order valence-corrected chi connectivity index (χ1v) is 7.73. The second-order valence-corrected chi connectivity index (χ2v) is 6.83. The van der Waals surface area contributed by atoms with Gasteiger partial charge in [0.25, 0.3) is 0 Å². The summed E-state index contributed by atoms with van der Waals surface area (Å²) < 4.78 is 2.08. The van der Waals surface area contributed by atoms with Gasteiger partial charge in [0.15, 0.2) is 0 Å². The van der Waals surface area contributed by atoms with E-state index in [0.29, 0.717) is 5.54 Å². The minimum atomic E-state index is 0.298. The van der Waals surface area contributed by atoms with Crippen LogP contribution in [0.3, 0.4) is 0 Å². The van der Waals surface area contributed by atoms with Crippen LogP contribution in [0.1, 0.15) is 44.7 Å². The molecule has 2 rings (SSSR count). The average molecular weight is 362 g/mol. The van der Waals surface area contributed by atoms with Crippen molar-refractivity contribution in [3.63, 3.8) is 0 Å². The van der Waals surface area contributed by atoms with Crippen LogP contribution in [0.5, 0.6) is 0 Å². The number of hydrogen-bond donors (Lipinski definition) is 1. The van der Waals surface area contributed by atoms with Crippen molar-refractivity contribution in [1.82, 2.24) is 10.3 Å². The zero-order chi connectivity index (χ0) is 12.3. The van der Waals surface area contributed by atoms with Crippen LogP contribution in [0.2, 0.25) is 0 Å². The second kappa shape index (κ2) is 5.81. The smallest absolute Gasteiger partial charge is 0.0684 e. The lowest BCUT2D eigenvalue weighted by molar-refractivity contribution is 0.251. The highest BCUT2D eigenvalue weighted by atomic mass is 79.9. The van der Waals surface area contributed by atoms with Crippen LogP contribution < -0.4 is 5.32 Å². The standard InChI is InChI=1S/C13H18Br2N2/c1-13(5-3-2-4-6-13)17-9-12-11(15)7-10(14)8-16-12/h7-8,17H,2-6,9H2,1H3.